The molecular weight excluding hydrogens is 216 g/mol. The SMILES string of the molecule is C=Cc1ccccc1C/C([N+]#N)=C(/O)OCC. The minimum atomic E-state index is -0.353. The van der Waals surface area contributed by atoms with Gasteiger partial charge in [-0.1, -0.05) is 36.9 Å². The molecule has 1 aromatic carbocycles. The monoisotopic (exact) mass is 231 g/mol. The fourth-order valence-corrected chi connectivity index (χ4v) is 1.45. The van der Waals surface area contributed by atoms with Crippen LogP contribution in [0.1, 0.15) is 18.1 Å². The van der Waals surface area contributed by atoms with Gasteiger partial charge in [-0.2, -0.15) is 0 Å². The number of allylic oxidation sites excluding steroid dienone is 1. The maximum Gasteiger partial charge on any atom is 0.444 e. The highest BCUT2D eigenvalue weighted by Gasteiger charge is 2.21. The van der Waals surface area contributed by atoms with Crippen LogP contribution in [0, 0.1) is 5.39 Å². The van der Waals surface area contributed by atoms with Gasteiger partial charge in [-0.05, 0) is 18.1 Å². The topological polar surface area (TPSA) is 57.6 Å². The highest BCUT2D eigenvalue weighted by Crippen LogP contribution is 2.17. The maximum atomic E-state index is 9.51. The van der Waals surface area contributed by atoms with Gasteiger partial charge in [0, 0.05) is 0 Å². The molecule has 0 heterocycles. The van der Waals surface area contributed by atoms with Crippen molar-refractivity contribution in [1.29, 1.82) is 5.39 Å². The lowest BCUT2D eigenvalue weighted by Gasteiger charge is -2.02. The van der Waals surface area contributed by atoms with Crippen LogP contribution in [0.3, 0.4) is 0 Å². The Balaban J connectivity index is 3.00. The van der Waals surface area contributed by atoms with E-state index in [0.717, 1.165) is 11.1 Å². The molecule has 0 aliphatic heterocycles. The zero-order chi connectivity index (χ0) is 12.7. The van der Waals surface area contributed by atoms with E-state index >= 15 is 0 Å². The molecule has 0 saturated carbocycles. The van der Waals surface area contributed by atoms with E-state index < -0.39 is 0 Å². The number of hydrogen-bond acceptors (Lipinski definition) is 3. The van der Waals surface area contributed by atoms with Gasteiger partial charge in [0.2, 0.25) is 5.39 Å². The normalized spacial score (nSPS) is 11.3. The summed E-state index contributed by atoms with van der Waals surface area (Å²) in [4.78, 5) is 3.05. The Morgan fingerprint density at radius 2 is 2.24 bits per heavy atom. The lowest BCUT2D eigenvalue weighted by molar-refractivity contribution is 0.0982. The molecule has 1 rings (SSSR count). The van der Waals surface area contributed by atoms with Crippen LogP contribution < -0.4 is 0 Å². The summed E-state index contributed by atoms with van der Waals surface area (Å²) in [5.41, 5.74) is 1.93. The average molecular weight is 231 g/mol. The molecule has 0 atom stereocenters. The van der Waals surface area contributed by atoms with E-state index in [1.54, 1.807) is 13.0 Å². The molecule has 0 amide bonds. The molecule has 0 radical (unpaired) electrons. The van der Waals surface area contributed by atoms with Crippen molar-refractivity contribution in [1.82, 2.24) is 0 Å². The molecule has 4 nitrogen and oxygen atoms in total. The molecule has 1 aromatic rings. The third kappa shape index (κ3) is 3.35. The number of ether oxygens (including phenoxy) is 1. The quantitative estimate of drug-likeness (QED) is 0.623. The second-order valence-electron chi connectivity index (χ2n) is 3.36. The van der Waals surface area contributed by atoms with Crippen molar-refractivity contribution in [3.8, 4) is 0 Å². The minimum absolute atomic E-state index is 0.0983. The first-order valence-electron chi connectivity index (χ1n) is 5.33. The van der Waals surface area contributed by atoms with Crippen molar-refractivity contribution in [2.24, 2.45) is 0 Å². The zero-order valence-corrected chi connectivity index (χ0v) is 9.76. The number of hydrogen-bond donors (Lipinski definition) is 1. The third-order valence-electron chi connectivity index (χ3n) is 2.28. The van der Waals surface area contributed by atoms with Gasteiger partial charge in [0.1, 0.15) is 0 Å². The summed E-state index contributed by atoms with van der Waals surface area (Å²) in [6.07, 6.45) is 1.99. The first kappa shape index (κ1) is 12.8. The predicted molar refractivity (Wildman–Crippen MR) is 66.6 cm³/mol. The molecule has 88 valence electrons. The molecule has 1 N–H and O–H groups in total. The largest absolute Gasteiger partial charge is 0.475 e. The Morgan fingerprint density at radius 1 is 1.53 bits per heavy atom. The van der Waals surface area contributed by atoms with E-state index in [-0.39, 0.29) is 18.1 Å². The van der Waals surface area contributed by atoms with Crippen molar-refractivity contribution in [2.75, 3.05) is 6.61 Å². The van der Waals surface area contributed by atoms with Crippen molar-refractivity contribution in [2.45, 2.75) is 13.3 Å². The van der Waals surface area contributed by atoms with Crippen LogP contribution >= 0.6 is 0 Å². The van der Waals surface area contributed by atoms with Crippen molar-refractivity contribution in [3.05, 3.63) is 58.6 Å². The second kappa shape index (κ2) is 6.33. The molecule has 0 aliphatic rings. The number of benzene rings is 1. The van der Waals surface area contributed by atoms with E-state index in [1.165, 1.54) is 0 Å². The van der Waals surface area contributed by atoms with Crippen LogP contribution in [0.4, 0.5) is 0 Å². The van der Waals surface area contributed by atoms with Crippen LogP contribution in [0.5, 0.6) is 0 Å². The van der Waals surface area contributed by atoms with E-state index in [0.29, 0.717) is 6.61 Å². The predicted octanol–water partition coefficient (Wildman–Crippen LogP) is 3.49. The van der Waals surface area contributed by atoms with Crippen LogP contribution in [0.2, 0.25) is 0 Å². The molecule has 0 unspecified atom stereocenters. The Labute approximate surface area is 100 Å². The van der Waals surface area contributed by atoms with Crippen LogP contribution in [0.15, 0.2) is 42.5 Å². The van der Waals surface area contributed by atoms with Gasteiger partial charge in [-0.25, -0.2) is 0 Å². The summed E-state index contributed by atoms with van der Waals surface area (Å²) in [6.45, 7) is 5.76. The number of aliphatic hydroxyl groups is 1. The van der Waals surface area contributed by atoms with E-state index in [9.17, 15) is 5.11 Å². The fraction of sp³-hybridized carbons (Fsp3) is 0.231. The molecule has 0 spiro atoms. The van der Waals surface area contributed by atoms with Crippen LogP contribution in [-0.2, 0) is 11.2 Å². The average Bonchev–Trinajstić information content (AvgIpc) is 2.36. The highest BCUT2D eigenvalue weighted by atomic mass is 16.6. The summed E-state index contributed by atoms with van der Waals surface area (Å²) in [6, 6.07) is 7.54. The molecule has 0 saturated heterocycles. The van der Waals surface area contributed by atoms with E-state index in [4.69, 9.17) is 10.1 Å². The van der Waals surface area contributed by atoms with Gasteiger partial charge in [0.15, 0.2) is 4.98 Å². The Morgan fingerprint density at radius 3 is 2.82 bits per heavy atom. The Hall–Kier alpha value is -2.28. The summed E-state index contributed by atoms with van der Waals surface area (Å²) in [5, 5.41) is 18.4. The molecular formula is C13H15N2O2+. The summed E-state index contributed by atoms with van der Waals surface area (Å²) in [5.74, 6) is -0.353. The zero-order valence-electron chi connectivity index (χ0n) is 9.76. The summed E-state index contributed by atoms with van der Waals surface area (Å²) < 4.78 is 4.90. The van der Waals surface area contributed by atoms with Gasteiger partial charge < -0.3 is 9.84 Å². The Bertz CT molecular complexity index is 473. The fourth-order valence-electron chi connectivity index (χ4n) is 1.45. The number of aliphatic hydroxyl groups excluding tert-OH is 1. The summed E-state index contributed by atoms with van der Waals surface area (Å²) >= 11 is 0. The molecule has 0 bridgehead atoms. The number of diazo groups is 1. The first-order valence-corrected chi connectivity index (χ1v) is 5.33. The van der Waals surface area contributed by atoms with Gasteiger partial charge >= 0.3 is 11.6 Å². The van der Waals surface area contributed by atoms with Crippen LogP contribution in [-0.4, -0.2) is 11.7 Å². The van der Waals surface area contributed by atoms with Gasteiger partial charge in [0.05, 0.1) is 13.0 Å². The van der Waals surface area contributed by atoms with Gasteiger partial charge in [0.25, 0.3) is 0 Å². The smallest absolute Gasteiger partial charge is 0.444 e. The van der Waals surface area contributed by atoms with Gasteiger partial charge in [-0.15, -0.1) is 0 Å². The summed E-state index contributed by atoms with van der Waals surface area (Å²) in [7, 11) is 0. The lowest BCUT2D eigenvalue weighted by atomic mass is 10.0. The van der Waals surface area contributed by atoms with Crippen molar-refractivity contribution >= 4 is 6.08 Å². The van der Waals surface area contributed by atoms with Crippen molar-refractivity contribution in [3.63, 3.8) is 0 Å². The van der Waals surface area contributed by atoms with E-state index in [1.807, 2.05) is 24.3 Å². The highest BCUT2D eigenvalue weighted by molar-refractivity contribution is 5.52. The van der Waals surface area contributed by atoms with Crippen LogP contribution in [0.25, 0.3) is 11.1 Å². The molecule has 4 heteroatoms. The standard InChI is InChI=1S/C13H14N2O2/c1-3-10-7-5-6-8-11(10)9-12(15-14)13(16)17-4-2/h3,5-8H,1,4,9H2,2H3/p+1/b13-12+. The second-order valence-corrected chi connectivity index (χ2v) is 3.36. The van der Waals surface area contributed by atoms with Gasteiger partial charge in [-0.3, -0.25) is 0 Å². The number of rotatable bonds is 5. The number of nitrogens with zero attached hydrogens (tertiary/aromatic N) is 2. The lowest BCUT2D eigenvalue weighted by Crippen LogP contribution is -1.98. The van der Waals surface area contributed by atoms with E-state index in [2.05, 4.69) is 11.6 Å². The minimum Gasteiger partial charge on any atom is -0.475 e. The van der Waals surface area contributed by atoms with Crippen molar-refractivity contribution < 1.29 is 9.84 Å². The molecule has 0 fully saturated rings. The molecule has 0 aliphatic carbocycles. The Kier molecular flexibility index (Phi) is 4.77. The molecule has 17 heavy (non-hydrogen) atoms. The first-order chi connectivity index (χ1) is 8.22. The molecule has 0 aromatic heterocycles. The maximum absolute atomic E-state index is 9.51. The third-order valence-corrected chi connectivity index (χ3v) is 2.28.